The summed E-state index contributed by atoms with van der Waals surface area (Å²) in [6, 6.07) is 26.4. The number of hydrogen-bond acceptors (Lipinski definition) is 9. The number of nitrogens with zero attached hydrogens (tertiary/aromatic N) is 7. The number of nitro groups is 1. The molecule has 0 bridgehead atoms. The van der Waals surface area contributed by atoms with Crippen LogP contribution in [0.1, 0.15) is 21.5 Å². The summed E-state index contributed by atoms with van der Waals surface area (Å²) >= 11 is 7.94. The Hall–Kier alpha value is -4.45. The minimum atomic E-state index is -0.400. The van der Waals surface area contributed by atoms with Gasteiger partial charge in [0.2, 0.25) is 0 Å². The number of non-ortho nitro benzene ring substituents is 1. The number of aromatic nitrogens is 2. The molecule has 2 fully saturated rings. The monoisotopic (exact) mass is 669 g/mol. The summed E-state index contributed by atoms with van der Waals surface area (Å²) in [6.45, 7) is 6.99. The third kappa shape index (κ3) is 8.68. The van der Waals surface area contributed by atoms with Gasteiger partial charge in [-0.15, -0.1) is 0 Å². The van der Waals surface area contributed by atoms with E-state index in [0.29, 0.717) is 47.8 Å². The zero-order chi connectivity index (χ0) is 32.6. The van der Waals surface area contributed by atoms with Gasteiger partial charge in [-0.25, -0.2) is 9.97 Å². The van der Waals surface area contributed by atoms with Crippen molar-refractivity contribution < 1.29 is 9.72 Å². The molecular weight excluding hydrogens is 634 g/mol. The second-order valence-electron chi connectivity index (χ2n) is 11.5. The van der Waals surface area contributed by atoms with Crippen molar-refractivity contribution in [2.45, 2.75) is 10.9 Å². The lowest BCUT2D eigenvalue weighted by molar-refractivity contribution is -0.384. The Labute approximate surface area is 283 Å². The van der Waals surface area contributed by atoms with Gasteiger partial charge in [-0.2, -0.15) is 0 Å². The number of rotatable bonds is 10. The largest absolute Gasteiger partial charge is 0.368 e. The molecule has 2 saturated heterocycles. The summed E-state index contributed by atoms with van der Waals surface area (Å²) in [5.41, 5.74) is 3.85. The van der Waals surface area contributed by atoms with Crippen molar-refractivity contribution in [2.24, 2.45) is 0 Å². The highest BCUT2D eigenvalue weighted by molar-refractivity contribution is 7.98. The summed E-state index contributed by atoms with van der Waals surface area (Å²) in [5, 5.41) is 12.0. The van der Waals surface area contributed by atoms with Gasteiger partial charge in [0.15, 0.2) is 5.16 Å². The molecule has 10 nitrogen and oxygen atoms in total. The molecule has 0 unspecified atom stereocenters. The fourth-order valence-corrected chi connectivity index (χ4v) is 6.78. The standard InChI is InChI=1S/C35H36ClN7O3S/c36-32-25-33(41-18-16-39(17-19-41)15-5-9-27-6-2-1-3-7-27)38-35(37-32)47-26-28-8-4-10-29(24-28)34(44)42-22-20-40(21-23-42)30-11-13-31(14-12-30)43(45)46/h1-14,24-25H,15-23,26H2. The van der Waals surface area contributed by atoms with E-state index in [1.165, 1.54) is 29.5 Å². The van der Waals surface area contributed by atoms with Crippen LogP contribution in [0.2, 0.25) is 5.15 Å². The van der Waals surface area contributed by atoms with Crippen molar-refractivity contribution >= 4 is 52.5 Å². The molecule has 3 aromatic carbocycles. The average Bonchev–Trinajstić information content (AvgIpc) is 3.11. The zero-order valence-corrected chi connectivity index (χ0v) is 27.5. The molecular formula is C35H36ClN7O3S. The number of thioether (sulfide) groups is 1. The summed E-state index contributed by atoms with van der Waals surface area (Å²) in [7, 11) is 0. The van der Waals surface area contributed by atoms with Gasteiger partial charge >= 0.3 is 0 Å². The van der Waals surface area contributed by atoms with Crippen LogP contribution in [0, 0.1) is 10.1 Å². The lowest BCUT2D eigenvalue weighted by atomic mass is 10.1. The van der Waals surface area contributed by atoms with Gasteiger partial charge in [0.25, 0.3) is 11.6 Å². The van der Waals surface area contributed by atoms with Crippen molar-refractivity contribution in [1.29, 1.82) is 0 Å². The molecule has 0 N–H and O–H groups in total. The maximum Gasteiger partial charge on any atom is 0.269 e. The molecule has 2 aliphatic rings. The second kappa shape index (κ2) is 15.4. The number of nitro benzene ring substituents is 1. The van der Waals surface area contributed by atoms with E-state index < -0.39 is 4.92 Å². The summed E-state index contributed by atoms with van der Waals surface area (Å²) in [6.07, 6.45) is 4.38. The first-order valence-corrected chi connectivity index (χ1v) is 17.0. The Bertz CT molecular complexity index is 1710. The Morgan fingerprint density at radius 2 is 1.57 bits per heavy atom. The quantitative estimate of drug-likeness (QED) is 0.0649. The zero-order valence-electron chi connectivity index (χ0n) is 26.0. The number of carbonyl (C=O) groups excluding carboxylic acids is 1. The van der Waals surface area contributed by atoms with Crippen LogP contribution in [0.25, 0.3) is 6.08 Å². The molecule has 6 rings (SSSR count). The van der Waals surface area contributed by atoms with E-state index in [-0.39, 0.29) is 11.6 Å². The fourth-order valence-electron chi connectivity index (χ4n) is 5.75. The maximum atomic E-state index is 13.4. The number of piperazine rings is 2. The van der Waals surface area contributed by atoms with Crippen molar-refractivity contribution in [2.75, 3.05) is 68.7 Å². The predicted molar refractivity (Wildman–Crippen MR) is 188 cm³/mol. The first kappa shape index (κ1) is 32.5. The van der Waals surface area contributed by atoms with Gasteiger partial charge in [0, 0.05) is 94.1 Å². The molecule has 0 saturated carbocycles. The Balaban J connectivity index is 0.995. The third-order valence-electron chi connectivity index (χ3n) is 8.37. The van der Waals surface area contributed by atoms with E-state index >= 15 is 0 Å². The highest BCUT2D eigenvalue weighted by Gasteiger charge is 2.23. The second-order valence-corrected chi connectivity index (χ2v) is 12.8. The van der Waals surface area contributed by atoms with Crippen molar-refractivity contribution in [3.05, 3.63) is 123 Å². The van der Waals surface area contributed by atoms with Crippen LogP contribution in [-0.2, 0) is 5.75 Å². The highest BCUT2D eigenvalue weighted by atomic mass is 35.5. The van der Waals surface area contributed by atoms with E-state index in [1.807, 2.05) is 41.3 Å². The maximum absolute atomic E-state index is 13.4. The van der Waals surface area contributed by atoms with E-state index in [2.05, 4.69) is 56.1 Å². The number of benzene rings is 3. The molecule has 4 aromatic rings. The molecule has 2 aliphatic heterocycles. The normalized spacial score (nSPS) is 15.7. The van der Waals surface area contributed by atoms with Crippen LogP contribution in [0.4, 0.5) is 17.2 Å². The van der Waals surface area contributed by atoms with Gasteiger partial charge in [-0.1, -0.05) is 78.0 Å². The summed E-state index contributed by atoms with van der Waals surface area (Å²) in [5.74, 6) is 1.44. The molecule has 47 heavy (non-hydrogen) atoms. The highest BCUT2D eigenvalue weighted by Crippen LogP contribution is 2.26. The minimum absolute atomic E-state index is 0.00353. The third-order valence-corrected chi connectivity index (χ3v) is 9.48. The SMILES string of the molecule is O=C(c1cccc(CSc2nc(Cl)cc(N3CCN(CC=Cc4ccccc4)CC3)n2)c1)N1CCN(c2ccc([N+](=O)[O-])cc2)CC1. The first-order valence-electron chi connectivity index (χ1n) is 15.7. The van der Waals surface area contributed by atoms with E-state index in [1.54, 1.807) is 12.1 Å². The molecule has 0 atom stereocenters. The van der Waals surface area contributed by atoms with Gasteiger partial charge in [0.1, 0.15) is 11.0 Å². The molecule has 1 aromatic heterocycles. The summed E-state index contributed by atoms with van der Waals surface area (Å²) < 4.78 is 0. The van der Waals surface area contributed by atoms with E-state index in [4.69, 9.17) is 16.6 Å². The number of carbonyl (C=O) groups is 1. The lowest BCUT2D eigenvalue weighted by Gasteiger charge is -2.36. The Morgan fingerprint density at radius 1 is 0.851 bits per heavy atom. The number of anilines is 2. The van der Waals surface area contributed by atoms with Gasteiger partial charge in [0.05, 0.1) is 4.92 Å². The average molecular weight is 670 g/mol. The molecule has 0 radical (unpaired) electrons. The van der Waals surface area contributed by atoms with E-state index in [0.717, 1.165) is 49.8 Å². The Morgan fingerprint density at radius 3 is 2.30 bits per heavy atom. The van der Waals surface area contributed by atoms with Crippen LogP contribution in [0.15, 0.2) is 96.2 Å². The molecule has 0 aliphatic carbocycles. The van der Waals surface area contributed by atoms with Crippen molar-refractivity contribution in [3.8, 4) is 0 Å². The van der Waals surface area contributed by atoms with Crippen LogP contribution in [-0.4, -0.2) is 89.5 Å². The van der Waals surface area contributed by atoms with Gasteiger partial charge in [-0.05, 0) is 35.4 Å². The van der Waals surface area contributed by atoms with Gasteiger partial charge in [-0.3, -0.25) is 19.8 Å². The summed E-state index contributed by atoms with van der Waals surface area (Å²) in [4.78, 5) is 41.9. The van der Waals surface area contributed by atoms with Crippen molar-refractivity contribution in [3.63, 3.8) is 0 Å². The lowest BCUT2D eigenvalue weighted by Crippen LogP contribution is -2.48. The van der Waals surface area contributed by atoms with Crippen LogP contribution < -0.4 is 9.80 Å². The topological polar surface area (TPSA) is 99.0 Å². The molecule has 242 valence electrons. The van der Waals surface area contributed by atoms with Crippen LogP contribution >= 0.6 is 23.4 Å². The smallest absolute Gasteiger partial charge is 0.269 e. The molecule has 3 heterocycles. The van der Waals surface area contributed by atoms with Crippen molar-refractivity contribution in [1.82, 2.24) is 19.8 Å². The molecule has 1 amide bonds. The van der Waals surface area contributed by atoms with Crippen LogP contribution in [0.5, 0.6) is 0 Å². The number of amides is 1. The Kier molecular flexibility index (Phi) is 10.7. The number of halogens is 1. The van der Waals surface area contributed by atoms with Gasteiger partial charge < -0.3 is 14.7 Å². The van der Waals surface area contributed by atoms with E-state index in [9.17, 15) is 14.9 Å². The number of hydrogen-bond donors (Lipinski definition) is 0. The van der Waals surface area contributed by atoms with Crippen LogP contribution in [0.3, 0.4) is 0 Å². The molecule has 0 spiro atoms. The first-order chi connectivity index (χ1) is 22.9. The fraction of sp³-hybridized carbons (Fsp3) is 0.286. The molecule has 12 heteroatoms. The predicted octanol–water partition coefficient (Wildman–Crippen LogP) is 6.13. The minimum Gasteiger partial charge on any atom is -0.368 e.